The second-order valence-electron chi connectivity index (χ2n) is 4.77. The standard InChI is InChI=1S/C18H17N/c1-15-14-17-11-5-6-12-18(17)19(15)13-7-10-16-8-3-2-4-9-16/h2-12,14H,13H2,1H3/b10-7+. The molecule has 0 radical (unpaired) electrons. The molecule has 0 amide bonds. The van der Waals surface area contributed by atoms with Gasteiger partial charge in [0, 0.05) is 17.8 Å². The van der Waals surface area contributed by atoms with Crippen LogP contribution in [0, 0.1) is 6.92 Å². The Kier molecular flexibility index (Phi) is 3.20. The van der Waals surface area contributed by atoms with Gasteiger partial charge in [-0.25, -0.2) is 0 Å². The monoisotopic (exact) mass is 247 g/mol. The number of aryl methyl sites for hydroxylation is 1. The lowest BCUT2D eigenvalue weighted by atomic mass is 10.2. The van der Waals surface area contributed by atoms with E-state index < -0.39 is 0 Å². The summed E-state index contributed by atoms with van der Waals surface area (Å²) in [5.41, 5.74) is 3.85. The molecule has 0 aliphatic rings. The van der Waals surface area contributed by atoms with E-state index >= 15 is 0 Å². The van der Waals surface area contributed by atoms with Gasteiger partial charge >= 0.3 is 0 Å². The van der Waals surface area contributed by atoms with E-state index in [2.05, 4.69) is 78.2 Å². The van der Waals surface area contributed by atoms with E-state index in [-0.39, 0.29) is 0 Å². The van der Waals surface area contributed by atoms with Gasteiger partial charge in [0.2, 0.25) is 0 Å². The third-order valence-electron chi connectivity index (χ3n) is 3.42. The van der Waals surface area contributed by atoms with Gasteiger partial charge in [0.1, 0.15) is 0 Å². The first-order valence-corrected chi connectivity index (χ1v) is 6.61. The molecule has 0 atom stereocenters. The number of benzene rings is 2. The van der Waals surface area contributed by atoms with Crippen LogP contribution >= 0.6 is 0 Å². The fourth-order valence-corrected chi connectivity index (χ4v) is 2.45. The molecule has 0 fully saturated rings. The van der Waals surface area contributed by atoms with Crippen LogP contribution in [0.3, 0.4) is 0 Å². The summed E-state index contributed by atoms with van der Waals surface area (Å²) in [5, 5.41) is 1.31. The maximum absolute atomic E-state index is 2.34. The average molecular weight is 247 g/mol. The molecule has 1 heterocycles. The molecule has 1 nitrogen and oxygen atoms in total. The molecule has 1 heteroatoms. The first-order valence-electron chi connectivity index (χ1n) is 6.61. The highest BCUT2D eigenvalue weighted by molar-refractivity contribution is 5.81. The predicted molar refractivity (Wildman–Crippen MR) is 82.2 cm³/mol. The highest BCUT2D eigenvalue weighted by Gasteiger charge is 2.02. The predicted octanol–water partition coefficient (Wildman–Crippen LogP) is 4.66. The molecular formula is C18H17N. The number of fused-ring (bicyclic) bond motifs is 1. The van der Waals surface area contributed by atoms with E-state index in [9.17, 15) is 0 Å². The third-order valence-corrected chi connectivity index (χ3v) is 3.42. The summed E-state index contributed by atoms with van der Waals surface area (Å²) in [6.45, 7) is 3.07. The zero-order valence-electron chi connectivity index (χ0n) is 11.1. The Morgan fingerprint density at radius 3 is 2.53 bits per heavy atom. The number of aromatic nitrogens is 1. The van der Waals surface area contributed by atoms with Crippen molar-refractivity contribution in [3.8, 4) is 0 Å². The van der Waals surface area contributed by atoms with Gasteiger partial charge in [-0.05, 0) is 30.0 Å². The van der Waals surface area contributed by atoms with Crippen molar-refractivity contribution in [3.63, 3.8) is 0 Å². The van der Waals surface area contributed by atoms with E-state index in [1.807, 2.05) is 6.07 Å². The van der Waals surface area contributed by atoms with Gasteiger partial charge < -0.3 is 4.57 Å². The maximum atomic E-state index is 2.34. The van der Waals surface area contributed by atoms with Crippen molar-refractivity contribution in [3.05, 3.63) is 78.0 Å². The zero-order chi connectivity index (χ0) is 13.1. The number of para-hydroxylation sites is 1. The molecule has 0 N–H and O–H groups in total. The van der Waals surface area contributed by atoms with Crippen LogP contribution in [-0.2, 0) is 6.54 Å². The average Bonchev–Trinajstić information content (AvgIpc) is 2.76. The summed E-state index contributed by atoms with van der Waals surface area (Å²) in [4.78, 5) is 0. The third kappa shape index (κ3) is 2.45. The van der Waals surface area contributed by atoms with Gasteiger partial charge in [0.15, 0.2) is 0 Å². The second kappa shape index (κ2) is 5.15. The van der Waals surface area contributed by atoms with Crippen LogP contribution in [0.4, 0.5) is 0 Å². The fraction of sp³-hybridized carbons (Fsp3) is 0.111. The largest absolute Gasteiger partial charge is 0.341 e. The lowest BCUT2D eigenvalue weighted by Crippen LogP contribution is -1.96. The Bertz CT molecular complexity index is 705. The molecule has 3 rings (SSSR count). The minimum atomic E-state index is 0.911. The van der Waals surface area contributed by atoms with Crippen LogP contribution in [0.5, 0.6) is 0 Å². The Morgan fingerprint density at radius 2 is 1.68 bits per heavy atom. The smallest absolute Gasteiger partial charge is 0.0485 e. The molecule has 94 valence electrons. The molecule has 19 heavy (non-hydrogen) atoms. The molecule has 2 aromatic carbocycles. The molecule has 3 aromatic rings. The van der Waals surface area contributed by atoms with Gasteiger partial charge in [-0.15, -0.1) is 0 Å². The summed E-state index contributed by atoms with van der Waals surface area (Å²) in [5.74, 6) is 0. The summed E-state index contributed by atoms with van der Waals surface area (Å²) in [6.07, 6.45) is 4.39. The molecule has 0 spiro atoms. The maximum Gasteiger partial charge on any atom is 0.0485 e. The van der Waals surface area contributed by atoms with Crippen LogP contribution in [0.25, 0.3) is 17.0 Å². The SMILES string of the molecule is Cc1cc2ccccc2n1C/C=C/c1ccccc1. The lowest BCUT2D eigenvalue weighted by molar-refractivity contribution is 0.830. The van der Waals surface area contributed by atoms with Crippen molar-refractivity contribution in [2.45, 2.75) is 13.5 Å². The Balaban J connectivity index is 1.86. The molecule has 0 bridgehead atoms. The zero-order valence-corrected chi connectivity index (χ0v) is 11.1. The van der Waals surface area contributed by atoms with E-state index in [0.29, 0.717) is 0 Å². The molecule has 0 saturated heterocycles. The first-order chi connectivity index (χ1) is 9.34. The number of allylic oxidation sites excluding steroid dienone is 1. The quantitative estimate of drug-likeness (QED) is 0.634. The van der Waals surface area contributed by atoms with E-state index in [1.165, 1.54) is 22.2 Å². The Morgan fingerprint density at radius 1 is 0.947 bits per heavy atom. The second-order valence-corrected chi connectivity index (χ2v) is 4.77. The molecule has 1 aromatic heterocycles. The highest BCUT2D eigenvalue weighted by atomic mass is 15.0. The number of nitrogens with zero attached hydrogens (tertiary/aromatic N) is 1. The van der Waals surface area contributed by atoms with Crippen molar-refractivity contribution >= 4 is 17.0 Å². The number of rotatable bonds is 3. The number of hydrogen-bond donors (Lipinski definition) is 0. The van der Waals surface area contributed by atoms with Crippen LogP contribution in [-0.4, -0.2) is 4.57 Å². The van der Waals surface area contributed by atoms with Crippen molar-refractivity contribution in [2.24, 2.45) is 0 Å². The van der Waals surface area contributed by atoms with Crippen molar-refractivity contribution in [2.75, 3.05) is 0 Å². The van der Waals surface area contributed by atoms with Crippen molar-refractivity contribution < 1.29 is 0 Å². The van der Waals surface area contributed by atoms with E-state index in [4.69, 9.17) is 0 Å². The van der Waals surface area contributed by atoms with E-state index in [1.54, 1.807) is 0 Å². The van der Waals surface area contributed by atoms with Crippen LogP contribution in [0.2, 0.25) is 0 Å². The summed E-state index contributed by atoms with van der Waals surface area (Å²) < 4.78 is 2.34. The fourth-order valence-electron chi connectivity index (χ4n) is 2.45. The van der Waals surface area contributed by atoms with Gasteiger partial charge in [0.05, 0.1) is 0 Å². The Labute approximate surface area is 113 Å². The normalized spacial score (nSPS) is 11.4. The van der Waals surface area contributed by atoms with Gasteiger partial charge in [-0.2, -0.15) is 0 Å². The Hall–Kier alpha value is -2.28. The molecule has 0 aliphatic heterocycles. The lowest BCUT2D eigenvalue weighted by Gasteiger charge is -2.04. The minimum absolute atomic E-state index is 0.911. The first kappa shape index (κ1) is 11.8. The topological polar surface area (TPSA) is 4.93 Å². The molecular weight excluding hydrogens is 230 g/mol. The summed E-state index contributed by atoms with van der Waals surface area (Å²) in [6, 6.07) is 21.2. The van der Waals surface area contributed by atoms with Gasteiger partial charge in [-0.1, -0.05) is 60.7 Å². The highest BCUT2D eigenvalue weighted by Crippen LogP contribution is 2.19. The van der Waals surface area contributed by atoms with Crippen molar-refractivity contribution in [1.29, 1.82) is 0 Å². The summed E-state index contributed by atoms with van der Waals surface area (Å²) >= 11 is 0. The van der Waals surface area contributed by atoms with Crippen molar-refractivity contribution in [1.82, 2.24) is 4.57 Å². The van der Waals surface area contributed by atoms with Gasteiger partial charge in [0.25, 0.3) is 0 Å². The molecule has 0 aliphatic carbocycles. The van der Waals surface area contributed by atoms with Crippen LogP contribution in [0.15, 0.2) is 66.7 Å². The van der Waals surface area contributed by atoms with Crippen LogP contribution in [0.1, 0.15) is 11.3 Å². The van der Waals surface area contributed by atoms with E-state index in [0.717, 1.165) is 6.54 Å². The van der Waals surface area contributed by atoms with Gasteiger partial charge in [-0.3, -0.25) is 0 Å². The molecule has 0 saturated carbocycles. The van der Waals surface area contributed by atoms with Crippen LogP contribution < -0.4 is 0 Å². The summed E-state index contributed by atoms with van der Waals surface area (Å²) in [7, 11) is 0. The molecule has 0 unspecified atom stereocenters. The number of hydrogen-bond acceptors (Lipinski definition) is 0. The minimum Gasteiger partial charge on any atom is -0.341 e.